The third kappa shape index (κ3) is 2.89. The molecule has 2 amide bonds. The molecule has 1 aliphatic carbocycles. The Morgan fingerprint density at radius 2 is 1.88 bits per heavy atom. The van der Waals surface area contributed by atoms with Crippen molar-refractivity contribution in [2.24, 2.45) is 5.92 Å². The van der Waals surface area contributed by atoms with E-state index in [0.717, 1.165) is 35.7 Å². The number of carbonyl (C=O) groups excluding carboxylic acids is 2. The van der Waals surface area contributed by atoms with Gasteiger partial charge in [0.05, 0.1) is 25.2 Å². The third-order valence-electron chi connectivity index (χ3n) is 6.02. The van der Waals surface area contributed by atoms with Crippen LogP contribution in [0.2, 0.25) is 0 Å². The molecule has 3 fully saturated rings. The highest BCUT2D eigenvalue weighted by atomic mass is 79.9. The van der Waals surface area contributed by atoms with Crippen LogP contribution in [-0.4, -0.2) is 58.5 Å². The topological polar surface area (TPSA) is 60.9 Å². The zero-order valence-corrected chi connectivity index (χ0v) is 15.7. The standard InChI is InChI=1S/C19H23BrN2O3/c20-14-7-5-12(6-8-14)18-15-9-21(19(25)13-3-1-2-4-13)10-17(24)22(15)16(18)11-23/h5-8,13,15-16,18,23H,1-4,9-11H2/t15-,16+,18+/m1/s1. The van der Waals surface area contributed by atoms with Gasteiger partial charge in [-0.25, -0.2) is 0 Å². The Bertz CT molecular complexity index is 672. The van der Waals surface area contributed by atoms with Crippen LogP contribution in [0.5, 0.6) is 0 Å². The van der Waals surface area contributed by atoms with Crippen molar-refractivity contribution in [3.63, 3.8) is 0 Å². The van der Waals surface area contributed by atoms with Crippen LogP contribution in [0.25, 0.3) is 0 Å². The van der Waals surface area contributed by atoms with Gasteiger partial charge >= 0.3 is 0 Å². The molecular weight excluding hydrogens is 384 g/mol. The average molecular weight is 407 g/mol. The molecule has 2 heterocycles. The van der Waals surface area contributed by atoms with E-state index in [1.165, 1.54) is 0 Å². The molecule has 25 heavy (non-hydrogen) atoms. The molecule has 0 radical (unpaired) electrons. The van der Waals surface area contributed by atoms with E-state index < -0.39 is 0 Å². The number of fused-ring (bicyclic) bond motifs is 1. The number of hydrogen-bond acceptors (Lipinski definition) is 3. The zero-order valence-electron chi connectivity index (χ0n) is 14.1. The number of aliphatic hydroxyl groups excluding tert-OH is 1. The average Bonchev–Trinajstić information content (AvgIpc) is 3.12. The molecule has 1 aromatic rings. The minimum absolute atomic E-state index is 0.0232. The van der Waals surface area contributed by atoms with Gasteiger partial charge in [0.2, 0.25) is 11.8 Å². The summed E-state index contributed by atoms with van der Waals surface area (Å²) in [6.07, 6.45) is 4.13. The van der Waals surface area contributed by atoms with E-state index in [4.69, 9.17) is 0 Å². The summed E-state index contributed by atoms with van der Waals surface area (Å²) in [4.78, 5) is 28.9. The molecule has 4 rings (SSSR count). The number of halogens is 1. The molecule has 5 nitrogen and oxygen atoms in total. The molecule has 2 saturated heterocycles. The van der Waals surface area contributed by atoms with Gasteiger partial charge in [0.1, 0.15) is 0 Å². The Morgan fingerprint density at radius 1 is 1.20 bits per heavy atom. The predicted molar refractivity (Wildman–Crippen MR) is 96.9 cm³/mol. The van der Waals surface area contributed by atoms with Crippen LogP contribution in [-0.2, 0) is 9.59 Å². The van der Waals surface area contributed by atoms with E-state index >= 15 is 0 Å². The number of nitrogens with zero attached hydrogens (tertiary/aromatic N) is 2. The smallest absolute Gasteiger partial charge is 0.242 e. The number of piperazine rings is 1. The second kappa shape index (κ2) is 6.72. The summed E-state index contributed by atoms with van der Waals surface area (Å²) in [7, 11) is 0. The summed E-state index contributed by atoms with van der Waals surface area (Å²) >= 11 is 3.44. The minimum Gasteiger partial charge on any atom is -0.394 e. The summed E-state index contributed by atoms with van der Waals surface area (Å²) in [5, 5.41) is 9.79. The van der Waals surface area contributed by atoms with Crippen molar-refractivity contribution >= 4 is 27.7 Å². The Hall–Kier alpha value is -1.40. The molecule has 0 spiro atoms. The highest BCUT2D eigenvalue weighted by Gasteiger charge is 2.54. The van der Waals surface area contributed by atoms with Gasteiger partial charge in [-0.3, -0.25) is 9.59 Å². The van der Waals surface area contributed by atoms with E-state index in [0.29, 0.717) is 6.54 Å². The SMILES string of the molecule is O=C(C1CCCC1)N1CC(=O)N2[C@H](C1)[C@H](c1ccc(Br)cc1)[C@@H]2CO. The van der Waals surface area contributed by atoms with Gasteiger partial charge < -0.3 is 14.9 Å². The van der Waals surface area contributed by atoms with E-state index in [9.17, 15) is 14.7 Å². The Labute approximate surface area is 156 Å². The lowest BCUT2D eigenvalue weighted by Gasteiger charge is -2.59. The summed E-state index contributed by atoms with van der Waals surface area (Å²) in [6.45, 7) is 0.702. The first-order valence-electron chi connectivity index (χ1n) is 9.06. The van der Waals surface area contributed by atoms with E-state index in [1.807, 2.05) is 24.3 Å². The molecular formula is C19H23BrN2O3. The molecule has 1 saturated carbocycles. The van der Waals surface area contributed by atoms with Gasteiger partial charge in [-0.05, 0) is 30.5 Å². The van der Waals surface area contributed by atoms with Crippen LogP contribution in [0.15, 0.2) is 28.7 Å². The monoisotopic (exact) mass is 406 g/mol. The van der Waals surface area contributed by atoms with E-state index in [1.54, 1.807) is 9.80 Å². The third-order valence-corrected chi connectivity index (χ3v) is 6.55. The number of aliphatic hydroxyl groups is 1. The van der Waals surface area contributed by atoms with Crippen LogP contribution in [0.4, 0.5) is 0 Å². The maximum Gasteiger partial charge on any atom is 0.242 e. The van der Waals surface area contributed by atoms with Gasteiger partial charge in [0.25, 0.3) is 0 Å². The van der Waals surface area contributed by atoms with Gasteiger partial charge in [-0.2, -0.15) is 0 Å². The number of hydrogen-bond donors (Lipinski definition) is 1. The molecule has 0 bridgehead atoms. The van der Waals surface area contributed by atoms with Crippen molar-refractivity contribution in [3.8, 4) is 0 Å². The van der Waals surface area contributed by atoms with Crippen LogP contribution in [0.1, 0.15) is 37.2 Å². The fourth-order valence-corrected chi connectivity index (χ4v) is 5.05. The van der Waals surface area contributed by atoms with Crippen molar-refractivity contribution in [1.29, 1.82) is 0 Å². The Kier molecular flexibility index (Phi) is 4.58. The van der Waals surface area contributed by atoms with Gasteiger partial charge in [-0.15, -0.1) is 0 Å². The highest BCUT2D eigenvalue weighted by molar-refractivity contribution is 9.10. The van der Waals surface area contributed by atoms with Crippen molar-refractivity contribution in [2.75, 3.05) is 19.7 Å². The molecule has 0 unspecified atom stereocenters. The molecule has 1 aromatic carbocycles. The van der Waals surface area contributed by atoms with Crippen LogP contribution in [0, 0.1) is 5.92 Å². The maximum absolute atomic E-state index is 12.8. The summed E-state index contributed by atoms with van der Waals surface area (Å²) < 4.78 is 1.01. The second-order valence-corrected chi connectivity index (χ2v) is 8.31. The quantitative estimate of drug-likeness (QED) is 0.836. The zero-order chi connectivity index (χ0) is 17.6. The molecule has 2 aliphatic heterocycles. The highest BCUT2D eigenvalue weighted by Crippen LogP contribution is 2.43. The number of rotatable bonds is 3. The largest absolute Gasteiger partial charge is 0.394 e. The normalized spacial score (nSPS) is 29.5. The predicted octanol–water partition coefficient (Wildman–Crippen LogP) is 2.14. The van der Waals surface area contributed by atoms with E-state index in [2.05, 4.69) is 15.9 Å². The first-order valence-corrected chi connectivity index (χ1v) is 9.85. The Morgan fingerprint density at radius 3 is 2.52 bits per heavy atom. The molecule has 134 valence electrons. The van der Waals surface area contributed by atoms with Crippen molar-refractivity contribution in [3.05, 3.63) is 34.3 Å². The molecule has 3 aliphatic rings. The molecule has 6 heteroatoms. The fourth-order valence-electron chi connectivity index (χ4n) is 4.78. The lowest BCUT2D eigenvalue weighted by Crippen LogP contribution is -2.73. The lowest BCUT2D eigenvalue weighted by molar-refractivity contribution is -0.168. The second-order valence-electron chi connectivity index (χ2n) is 7.40. The Balaban J connectivity index is 1.55. The summed E-state index contributed by atoms with van der Waals surface area (Å²) in [6, 6.07) is 7.85. The van der Waals surface area contributed by atoms with Crippen molar-refractivity contribution < 1.29 is 14.7 Å². The summed E-state index contributed by atoms with van der Waals surface area (Å²) in [5.74, 6) is 0.294. The number of carbonyl (C=O) groups is 2. The number of benzene rings is 1. The molecule has 3 atom stereocenters. The first kappa shape index (κ1) is 17.0. The fraction of sp³-hybridized carbons (Fsp3) is 0.579. The first-order chi connectivity index (χ1) is 12.1. The summed E-state index contributed by atoms with van der Waals surface area (Å²) in [5.41, 5.74) is 1.12. The lowest BCUT2D eigenvalue weighted by atomic mass is 9.73. The van der Waals surface area contributed by atoms with Crippen LogP contribution in [0.3, 0.4) is 0 Å². The molecule has 0 aromatic heterocycles. The maximum atomic E-state index is 12.8. The van der Waals surface area contributed by atoms with Crippen molar-refractivity contribution in [1.82, 2.24) is 9.80 Å². The van der Waals surface area contributed by atoms with Crippen LogP contribution < -0.4 is 0 Å². The molecule has 1 N–H and O–H groups in total. The van der Waals surface area contributed by atoms with Gasteiger partial charge in [0.15, 0.2) is 0 Å². The van der Waals surface area contributed by atoms with E-state index in [-0.39, 0.29) is 48.9 Å². The van der Waals surface area contributed by atoms with Gasteiger partial charge in [0, 0.05) is 22.9 Å². The minimum atomic E-state index is -0.178. The van der Waals surface area contributed by atoms with Gasteiger partial charge in [-0.1, -0.05) is 40.9 Å². The van der Waals surface area contributed by atoms with Crippen molar-refractivity contribution in [2.45, 2.75) is 43.7 Å². The van der Waals surface area contributed by atoms with Crippen LogP contribution >= 0.6 is 15.9 Å². The number of amides is 2.